The first-order valence-corrected chi connectivity index (χ1v) is 6.01. The number of oxime groups is 1. The van der Waals surface area contributed by atoms with Crippen LogP contribution < -0.4 is 4.74 Å². The fraction of sp³-hybridized carbons (Fsp3) is 0.200. The molecule has 0 atom stereocenters. The van der Waals surface area contributed by atoms with Gasteiger partial charge < -0.3 is 9.94 Å². The van der Waals surface area contributed by atoms with Crippen LogP contribution in [0.15, 0.2) is 47.9 Å². The van der Waals surface area contributed by atoms with E-state index < -0.39 is 0 Å². The van der Waals surface area contributed by atoms with Crippen molar-refractivity contribution in [2.24, 2.45) is 5.16 Å². The Kier molecular flexibility index (Phi) is 4.13. The highest BCUT2D eigenvalue weighted by atomic mass is 16.5. The fourth-order valence-corrected chi connectivity index (χ4v) is 1.73. The van der Waals surface area contributed by atoms with Gasteiger partial charge in [-0.3, -0.25) is 4.98 Å². The molecular weight excluding hydrogens is 240 g/mol. The van der Waals surface area contributed by atoms with Crippen LogP contribution in [0.4, 0.5) is 0 Å². The van der Waals surface area contributed by atoms with E-state index in [4.69, 9.17) is 9.94 Å². The number of nitrogens with zero attached hydrogens (tertiary/aromatic N) is 2. The van der Waals surface area contributed by atoms with Crippen molar-refractivity contribution in [1.29, 1.82) is 0 Å². The van der Waals surface area contributed by atoms with Gasteiger partial charge in [0.15, 0.2) is 0 Å². The summed E-state index contributed by atoms with van der Waals surface area (Å²) in [5.41, 5.74) is 3.53. The number of aryl methyl sites for hydroxylation is 1. The molecule has 2 rings (SSSR count). The number of benzene rings is 1. The Bertz CT molecular complexity index is 594. The van der Waals surface area contributed by atoms with Crippen molar-refractivity contribution >= 4 is 5.71 Å². The molecule has 0 aliphatic carbocycles. The molecule has 4 heteroatoms. The Labute approximate surface area is 112 Å². The van der Waals surface area contributed by atoms with Crippen molar-refractivity contribution in [3.05, 3.63) is 59.4 Å². The molecule has 19 heavy (non-hydrogen) atoms. The van der Waals surface area contributed by atoms with E-state index >= 15 is 0 Å². The first-order valence-electron chi connectivity index (χ1n) is 6.01. The van der Waals surface area contributed by atoms with Gasteiger partial charge in [0.05, 0.1) is 5.71 Å². The molecule has 0 fully saturated rings. The maximum atomic E-state index is 8.76. The number of hydrogen-bond acceptors (Lipinski definition) is 4. The monoisotopic (exact) mass is 256 g/mol. The third kappa shape index (κ3) is 3.55. The predicted molar refractivity (Wildman–Crippen MR) is 73.7 cm³/mol. The van der Waals surface area contributed by atoms with Gasteiger partial charge >= 0.3 is 0 Å². The van der Waals surface area contributed by atoms with E-state index in [-0.39, 0.29) is 0 Å². The van der Waals surface area contributed by atoms with Crippen LogP contribution in [0.5, 0.6) is 5.75 Å². The van der Waals surface area contributed by atoms with E-state index in [1.54, 1.807) is 13.1 Å². The smallest absolute Gasteiger partial charge is 0.120 e. The van der Waals surface area contributed by atoms with E-state index in [1.807, 2.05) is 43.5 Å². The first kappa shape index (κ1) is 13.1. The quantitative estimate of drug-likeness (QED) is 0.519. The molecule has 98 valence electrons. The van der Waals surface area contributed by atoms with Crippen LogP contribution in [0.2, 0.25) is 0 Å². The summed E-state index contributed by atoms with van der Waals surface area (Å²) in [6, 6.07) is 9.50. The van der Waals surface area contributed by atoms with Crippen LogP contribution in [0.3, 0.4) is 0 Å². The van der Waals surface area contributed by atoms with Crippen LogP contribution in [0, 0.1) is 6.92 Å². The van der Waals surface area contributed by atoms with Crippen LogP contribution in [0.25, 0.3) is 0 Å². The Morgan fingerprint density at radius 2 is 2.16 bits per heavy atom. The van der Waals surface area contributed by atoms with E-state index in [2.05, 4.69) is 10.1 Å². The largest absolute Gasteiger partial charge is 0.489 e. The molecule has 0 amide bonds. The minimum atomic E-state index is 0.466. The van der Waals surface area contributed by atoms with Crippen molar-refractivity contribution in [3.8, 4) is 5.75 Å². The maximum Gasteiger partial charge on any atom is 0.120 e. The van der Waals surface area contributed by atoms with Gasteiger partial charge in [-0.1, -0.05) is 17.3 Å². The first-order chi connectivity index (χ1) is 9.19. The summed E-state index contributed by atoms with van der Waals surface area (Å²) in [4.78, 5) is 4.12. The summed E-state index contributed by atoms with van der Waals surface area (Å²) in [5.74, 6) is 0.738. The van der Waals surface area contributed by atoms with Crippen molar-refractivity contribution in [2.75, 3.05) is 0 Å². The zero-order valence-corrected chi connectivity index (χ0v) is 11.0. The third-order valence-corrected chi connectivity index (χ3v) is 2.74. The summed E-state index contributed by atoms with van der Waals surface area (Å²) in [7, 11) is 0. The molecule has 4 nitrogen and oxygen atoms in total. The summed E-state index contributed by atoms with van der Waals surface area (Å²) in [6.45, 7) is 4.20. The van der Waals surface area contributed by atoms with Gasteiger partial charge in [0.1, 0.15) is 12.4 Å². The number of aromatic nitrogens is 1. The molecule has 1 heterocycles. The third-order valence-electron chi connectivity index (χ3n) is 2.74. The molecular formula is C15H16N2O2. The van der Waals surface area contributed by atoms with Crippen LogP contribution >= 0.6 is 0 Å². The van der Waals surface area contributed by atoms with Crippen LogP contribution in [-0.2, 0) is 6.61 Å². The Morgan fingerprint density at radius 1 is 1.32 bits per heavy atom. The SMILES string of the molecule is C/C(=N/O)c1cccc(OCc2cncc(C)c2)c1. The number of hydrogen-bond donors (Lipinski definition) is 1. The van der Waals surface area contributed by atoms with E-state index in [9.17, 15) is 0 Å². The van der Waals surface area contributed by atoms with Gasteiger partial charge in [0, 0.05) is 23.5 Å². The summed E-state index contributed by atoms with van der Waals surface area (Å²) in [5, 5.41) is 11.9. The lowest BCUT2D eigenvalue weighted by Gasteiger charge is -2.08. The molecule has 0 aliphatic heterocycles. The molecule has 1 aromatic heterocycles. The lowest BCUT2D eigenvalue weighted by molar-refractivity contribution is 0.305. The molecule has 1 N–H and O–H groups in total. The Morgan fingerprint density at radius 3 is 2.89 bits per heavy atom. The van der Waals surface area contributed by atoms with E-state index in [0.717, 1.165) is 22.4 Å². The lowest BCUT2D eigenvalue weighted by atomic mass is 10.1. The zero-order valence-electron chi connectivity index (χ0n) is 11.0. The number of rotatable bonds is 4. The van der Waals surface area contributed by atoms with Crippen molar-refractivity contribution in [2.45, 2.75) is 20.5 Å². The lowest BCUT2D eigenvalue weighted by Crippen LogP contribution is -1.99. The maximum absolute atomic E-state index is 8.76. The Balaban J connectivity index is 2.08. The van der Waals surface area contributed by atoms with E-state index in [1.165, 1.54) is 0 Å². The molecule has 0 aliphatic rings. The average Bonchev–Trinajstić information content (AvgIpc) is 2.45. The minimum Gasteiger partial charge on any atom is -0.489 e. The number of ether oxygens (including phenoxy) is 1. The van der Waals surface area contributed by atoms with Gasteiger partial charge in [-0.05, 0) is 37.6 Å². The van der Waals surface area contributed by atoms with Gasteiger partial charge in [0.2, 0.25) is 0 Å². The molecule has 0 spiro atoms. The van der Waals surface area contributed by atoms with Gasteiger partial charge in [-0.25, -0.2) is 0 Å². The van der Waals surface area contributed by atoms with Crippen molar-refractivity contribution in [3.63, 3.8) is 0 Å². The summed E-state index contributed by atoms with van der Waals surface area (Å²) in [6.07, 6.45) is 3.60. The Hall–Kier alpha value is -2.36. The fourth-order valence-electron chi connectivity index (χ4n) is 1.73. The molecule has 0 unspecified atom stereocenters. The highest BCUT2D eigenvalue weighted by Gasteiger charge is 2.01. The highest BCUT2D eigenvalue weighted by molar-refractivity contribution is 5.98. The second-order valence-electron chi connectivity index (χ2n) is 4.37. The van der Waals surface area contributed by atoms with Gasteiger partial charge in [-0.15, -0.1) is 0 Å². The average molecular weight is 256 g/mol. The van der Waals surface area contributed by atoms with Crippen LogP contribution in [0.1, 0.15) is 23.6 Å². The highest BCUT2D eigenvalue weighted by Crippen LogP contribution is 2.16. The normalized spacial score (nSPS) is 11.4. The van der Waals surface area contributed by atoms with Gasteiger partial charge in [-0.2, -0.15) is 0 Å². The molecule has 1 aromatic carbocycles. The van der Waals surface area contributed by atoms with Crippen molar-refractivity contribution < 1.29 is 9.94 Å². The molecule has 0 bridgehead atoms. The summed E-state index contributed by atoms with van der Waals surface area (Å²) < 4.78 is 5.71. The molecule has 0 saturated carbocycles. The number of pyridine rings is 1. The van der Waals surface area contributed by atoms with Gasteiger partial charge in [0.25, 0.3) is 0 Å². The molecule has 0 radical (unpaired) electrons. The van der Waals surface area contributed by atoms with Crippen molar-refractivity contribution in [1.82, 2.24) is 4.98 Å². The minimum absolute atomic E-state index is 0.466. The molecule has 2 aromatic rings. The second-order valence-corrected chi connectivity index (χ2v) is 4.37. The predicted octanol–water partition coefficient (Wildman–Crippen LogP) is 3.17. The standard InChI is InChI=1S/C15H16N2O2/c1-11-6-13(9-16-8-11)10-19-15-5-3-4-14(7-15)12(2)17-18/h3-9,18H,10H2,1-2H3/b17-12-. The summed E-state index contributed by atoms with van der Waals surface area (Å²) >= 11 is 0. The zero-order chi connectivity index (χ0) is 13.7. The molecule has 0 saturated heterocycles. The van der Waals surface area contributed by atoms with E-state index in [0.29, 0.717) is 12.3 Å². The van der Waals surface area contributed by atoms with Crippen LogP contribution in [-0.4, -0.2) is 15.9 Å². The topological polar surface area (TPSA) is 54.7 Å². The second kappa shape index (κ2) is 6.00.